The molecule has 0 spiro atoms. The van der Waals surface area contributed by atoms with Crippen molar-refractivity contribution >= 4 is 23.2 Å². The van der Waals surface area contributed by atoms with Crippen molar-refractivity contribution in [2.24, 2.45) is 5.92 Å². The number of hydrogen-bond donors (Lipinski definition) is 1. The van der Waals surface area contributed by atoms with Crippen molar-refractivity contribution in [1.29, 1.82) is 0 Å². The molecule has 13 heavy (non-hydrogen) atoms. The zero-order chi connectivity index (χ0) is 10.0. The molecule has 1 aromatic heterocycles. The minimum Gasteiger partial charge on any atom is -0.388 e. The number of aliphatic hydroxyl groups excluding tert-OH is 1. The summed E-state index contributed by atoms with van der Waals surface area (Å²) in [5, 5.41) is 9.96. The van der Waals surface area contributed by atoms with Gasteiger partial charge in [-0.1, -0.05) is 25.4 Å². The molecular weight excluding hydrogens is 211 g/mol. The van der Waals surface area contributed by atoms with Crippen LogP contribution >= 0.6 is 23.2 Å². The minimum atomic E-state index is -0.648. The smallest absolute Gasteiger partial charge is 0.223 e. The molecule has 1 atom stereocenters. The standard InChI is InChI=1S/C8H10Cl2N2O/c1-4(2)6(13)5-3-11-8(10)12-7(5)9/h3-4,6,13H,1-2H3. The highest BCUT2D eigenvalue weighted by atomic mass is 35.5. The molecule has 0 radical (unpaired) electrons. The Morgan fingerprint density at radius 1 is 1.38 bits per heavy atom. The summed E-state index contributed by atoms with van der Waals surface area (Å²) in [6.07, 6.45) is 0.798. The average Bonchev–Trinajstić information content (AvgIpc) is 2.03. The summed E-state index contributed by atoms with van der Waals surface area (Å²) in [6.45, 7) is 3.77. The van der Waals surface area contributed by atoms with E-state index in [9.17, 15) is 5.11 Å². The van der Waals surface area contributed by atoms with Gasteiger partial charge in [-0.25, -0.2) is 9.97 Å². The lowest BCUT2D eigenvalue weighted by molar-refractivity contribution is 0.126. The third-order valence-electron chi connectivity index (χ3n) is 1.69. The first-order chi connectivity index (χ1) is 6.02. The van der Waals surface area contributed by atoms with Gasteiger partial charge in [-0.05, 0) is 17.5 Å². The van der Waals surface area contributed by atoms with E-state index in [1.807, 2.05) is 13.8 Å². The van der Waals surface area contributed by atoms with Crippen LogP contribution in [-0.4, -0.2) is 15.1 Å². The molecular formula is C8H10Cl2N2O. The van der Waals surface area contributed by atoms with Gasteiger partial charge in [-0.3, -0.25) is 0 Å². The Kier molecular flexibility index (Phi) is 3.47. The Hall–Kier alpha value is -0.380. The minimum absolute atomic E-state index is 0.0716. The first-order valence-electron chi connectivity index (χ1n) is 3.88. The zero-order valence-corrected chi connectivity index (χ0v) is 8.84. The summed E-state index contributed by atoms with van der Waals surface area (Å²) in [5.74, 6) is 0.0716. The van der Waals surface area contributed by atoms with Crippen molar-refractivity contribution in [3.05, 3.63) is 22.2 Å². The number of halogens is 2. The topological polar surface area (TPSA) is 46.0 Å². The molecule has 1 aromatic rings. The predicted octanol–water partition coefficient (Wildman–Crippen LogP) is 2.47. The SMILES string of the molecule is CC(C)C(O)c1cnc(Cl)nc1Cl. The maximum atomic E-state index is 9.66. The van der Waals surface area contributed by atoms with E-state index < -0.39 is 6.10 Å². The van der Waals surface area contributed by atoms with E-state index in [2.05, 4.69) is 9.97 Å². The Labute approximate surface area is 86.7 Å². The van der Waals surface area contributed by atoms with E-state index >= 15 is 0 Å². The third kappa shape index (κ3) is 2.53. The van der Waals surface area contributed by atoms with E-state index in [0.717, 1.165) is 0 Å². The van der Waals surface area contributed by atoms with Crippen molar-refractivity contribution in [2.75, 3.05) is 0 Å². The fraction of sp³-hybridized carbons (Fsp3) is 0.500. The normalized spacial score (nSPS) is 13.4. The number of rotatable bonds is 2. The van der Waals surface area contributed by atoms with E-state index in [-0.39, 0.29) is 16.4 Å². The van der Waals surface area contributed by atoms with Crippen LogP contribution in [0.1, 0.15) is 25.5 Å². The lowest BCUT2D eigenvalue weighted by atomic mass is 10.0. The molecule has 0 aliphatic carbocycles. The van der Waals surface area contributed by atoms with E-state index in [4.69, 9.17) is 23.2 Å². The molecule has 3 nitrogen and oxygen atoms in total. The van der Waals surface area contributed by atoms with Crippen LogP contribution in [0.15, 0.2) is 6.20 Å². The highest BCUT2D eigenvalue weighted by molar-refractivity contribution is 6.32. The largest absolute Gasteiger partial charge is 0.388 e. The molecule has 0 amide bonds. The van der Waals surface area contributed by atoms with E-state index in [0.29, 0.717) is 5.56 Å². The van der Waals surface area contributed by atoms with Crippen LogP contribution in [0, 0.1) is 5.92 Å². The molecule has 0 aliphatic heterocycles. The van der Waals surface area contributed by atoms with Crippen molar-refractivity contribution in [1.82, 2.24) is 9.97 Å². The van der Waals surface area contributed by atoms with Gasteiger partial charge >= 0.3 is 0 Å². The molecule has 1 rings (SSSR count). The Bertz CT molecular complexity index is 304. The summed E-state index contributed by atoms with van der Waals surface area (Å²) in [6, 6.07) is 0. The molecule has 0 bridgehead atoms. The molecule has 1 unspecified atom stereocenters. The van der Waals surface area contributed by atoms with Crippen LogP contribution in [-0.2, 0) is 0 Å². The average molecular weight is 221 g/mol. The van der Waals surface area contributed by atoms with Crippen molar-refractivity contribution < 1.29 is 5.11 Å². The maximum absolute atomic E-state index is 9.66. The van der Waals surface area contributed by atoms with Crippen LogP contribution in [0.3, 0.4) is 0 Å². The van der Waals surface area contributed by atoms with Crippen molar-refractivity contribution in [2.45, 2.75) is 20.0 Å². The fourth-order valence-corrected chi connectivity index (χ4v) is 1.33. The summed E-state index contributed by atoms with van der Waals surface area (Å²) in [4.78, 5) is 7.49. The predicted molar refractivity (Wildman–Crippen MR) is 51.8 cm³/mol. The molecule has 1 heterocycles. The molecule has 0 fully saturated rings. The molecule has 0 aromatic carbocycles. The third-order valence-corrected chi connectivity index (χ3v) is 2.17. The lowest BCUT2D eigenvalue weighted by Gasteiger charge is -2.14. The maximum Gasteiger partial charge on any atom is 0.223 e. The van der Waals surface area contributed by atoms with E-state index in [1.165, 1.54) is 6.20 Å². The monoisotopic (exact) mass is 220 g/mol. The Morgan fingerprint density at radius 3 is 2.46 bits per heavy atom. The molecule has 0 saturated heterocycles. The van der Waals surface area contributed by atoms with Crippen LogP contribution in [0.2, 0.25) is 10.4 Å². The van der Waals surface area contributed by atoms with Gasteiger partial charge in [0.15, 0.2) is 0 Å². The second-order valence-corrected chi connectivity index (χ2v) is 3.77. The molecule has 0 aliphatic rings. The number of hydrogen-bond acceptors (Lipinski definition) is 3. The van der Waals surface area contributed by atoms with Gasteiger partial charge in [0, 0.05) is 11.8 Å². The van der Waals surface area contributed by atoms with Gasteiger partial charge in [0.25, 0.3) is 0 Å². The van der Waals surface area contributed by atoms with Crippen LogP contribution in [0.4, 0.5) is 0 Å². The van der Waals surface area contributed by atoms with Gasteiger partial charge in [-0.15, -0.1) is 0 Å². The molecule has 0 saturated carbocycles. The Balaban J connectivity index is 3.01. The van der Waals surface area contributed by atoms with Gasteiger partial charge < -0.3 is 5.11 Å². The van der Waals surface area contributed by atoms with Crippen LogP contribution in [0.5, 0.6) is 0 Å². The first-order valence-corrected chi connectivity index (χ1v) is 4.64. The highest BCUT2D eigenvalue weighted by Gasteiger charge is 2.16. The van der Waals surface area contributed by atoms with Gasteiger partial charge in [-0.2, -0.15) is 0 Å². The molecule has 1 N–H and O–H groups in total. The Morgan fingerprint density at radius 2 is 2.00 bits per heavy atom. The van der Waals surface area contributed by atoms with Crippen molar-refractivity contribution in [3.8, 4) is 0 Å². The zero-order valence-electron chi connectivity index (χ0n) is 7.33. The van der Waals surface area contributed by atoms with E-state index in [1.54, 1.807) is 0 Å². The van der Waals surface area contributed by atoms with Gasteiger partial charge in [0.1, 0.15) is 5.15 Å². The summed E-state index contributed by atoms with van der Waals surface area (Å²) in [7, 11) is 0. The number of aromatic nitrogens is 2. The van der Waals surface area contributed by atoms with Crippen molar-refractivity contribution in [3.63, 3.8) is 0 Å². The summed E-state index contributed by atoms with van der Waals surface area (Å²) >= 11 is 11.3. The lowest BCUT2D eigenvalue weighted by Crippen LogP contribution is -2.07. The fourth-order valence-electron chi connectivity index (χ4n) is 0.908. The number of nitrogens with zero attached hydrogens (tertiary/aromatic N) is 2. The molecule has 5 heteroatoms. The van der Waals surface area contributed by atoms with Crippen LogP contribution in [0.25, 0.3) is 0 Å². The quantitative estimate of drug-likeness (QED) is 0.616. The highest BCUT2D eigenvalue weighted by Crippen LogP contribution is 2.26. The molecule has 72 valence electrons. The van der Waals surface area contributed by atoms with Crippen LogP contribution < -0.4 is 0 Å². The van der Waals surface area contributed by atoms with Gasteiger partial charge in [0.2, 0.25) is 5.28 Å². The summed E-state index contributed by atoms with van der Waals surface area (Å²) in [5.41, 5.74) is 0.515. The summed E-state index contributed by atoms with van der Waals surface area (Å²) < 4.78 is 0. The second-order valence-electron chi connectivity index (χ2n) is 3.07. The second kappa shape index (κ2) is 4.22. The van der Waals surface area contributed by atoms with Gasteiger partial charge in [0.05, 0.1) is 6.10 Å². The first kappa shape index (κ1) is 10.7. The number of aliphatic hydroxyl groups is 1.